The first-order valence-electron chi connectivity index (χ1n) is 8.19. The van der Waals surface area contributed by atoms with Gasteiger partial charge in [-0.1, -0.05) is 42.5 Å². The van der Waals surface area contributed by atoms with Gasteiger partial charge in [0.15, 0.2) is 6.29 Å². The van der Waals surface area contributed by atoms with Gasteiger partial charge in [-0.15, -0.1) is 11.3 Å². The van der Waals surface area contributed by atoms with E-state index in [9.17, 15) is 18.0 Å². The van der Waals surface area contributed by atoms with Crippen LogP contribution in [0, 0.1) is 0 Å². The van der Waals surface area contributed by atoms with Crippen molar-refractivity contribution in [1.82, 2.24) is 14.8 Å². The van der Waals surface area contributed by atoms with Crippen LogP contribution in [0.5, 0.6) is 0 Å². The van der Waals surface area contributed by atoms with Crippen molar-refractivity contribution in [1.29, 1.82) is 0 Å². The summed E-state index contributed by atoms with van der Waals surface area (Å²) in [5, 5.41) is 6.81. The van der Waals surface area contributed by atoms with Gasteiger partial charge in [0.05, 0.1) is 16.8 Å². The molecule has 0 spiro atoms. The minimum absolute atomic E-state index is 0.274. The van der Waals surface area contributed by atoms with Gasteiger partial charge in [-0.25, -0.2) is 9.67 Å². The Kier molecular flexibility index (Phi) is 4.56. The summed E-state index contributed by atoms with van der Waals surface area (Å²) in [6.45, 7) is 0. The second-order valence-electron chi connectivity index (χ2n) is 5.95. The topological polar surface area (TPSA) is 47.8 Å². The van der Waals surface area contributed by atoms with Gasteiger partial charge in [0.2, 0.25) is 5.13 Å². The zero-order chi connectivity index (χ0) is 19.7. The van der Waals surface area contributed by atoms with Crippen LogP contribution in [-0.2, 0) is 6.18 Å². The first kappa shape index (κ1) is 18.1. The molecule has 0 bridgehead atoms. The van der Waals surface area contributed by atoms with Crippen molar-refractivity contribution in [3.8, 4) is 27.6 Å². The van der Waals surface area contributed by atoms with Gasteiger partial charge in [-0.05, 0) is 12.1 Å². The summed E-state index contributed by atoms with van der Waals surface area (Å²) < 4.78 is 39.7. The van der Waals surface area contributed by atoms with Crippen LogP contribution in [0.3, 0.4) is 0 Å². The predicted octanol–water partition coefficient (Wildman–Crippen LogP) is 5.49. The number of rotatable bonds is 4. The number of carbonyl (C=O) groups excluding carboxylic acids is 1. The number of carbonyl (C=O) groups is 1. The maximum absolute atomic E-state index is 12.8. The second kappa shape index (κ2) is 7.05. The van der Waals surface area contributed by atoms with E-state index in [1.807, 2.05) is 35.7 Å². The standard InChI is InChI=1S/C20H12F3N3OS/c21-20(22,23)16-8-6-14(7-9-16)18-15(11-27)10-26(25-18)19-24-17(12-28-19)13-4-2-1-3-5-13/h1-12H. The number of hydrogen-bond acceptors (Lipinski definition) is 4. The molecule has 0 atom stereocenters. The Labute approximate surface area is 161 Å². The lowest BCUT2D eigenvalue weighted by molar-refractivity contribution is -0.137. The molecule has 0 unspecified atom stereocenters. The van der Waals surface area contributed by atoms with Crippen LogP contribution in [0.4, 0.5) is 13.2 Å². The van der Waals surface area contributed by atoms with Gasteiger partial charge in [0.1, 0.15) is 5.69 Å². The summed E-state index contributed by atoms with van der Waals surface area (Å²) in [5.41, 5.74) is 1.98. The molecule has 0 radical (unpaired) electrons. The molecule has 0 aliphatic rings. The predicted molar refractivity (Wildman–Crippen MR) is 100 cm³/mol. The molecule has 0 saturated heterocycles. The van der Waals surface area contributed by atoms with Crippen molar-refractivity contribution < 1.29 is 18.0 Å². The smallest absolute Gasteiger partial charge is 0.298 e. The second-order valence-corrected chi connectivity index (χ2v) is 6.79. The van der Waals surface area contributed by atoms with Gasteiger partial charge in [-0.3, -0.25) is 4.79 Å². The third kappa shape index (κ3) is 3.46. The van der Waals surface area contributed by atoms with Gasteiger partial charge in [-0.2, -0.15) is 18.3 Å². The van der Waals surface area contributed by atoms with Crippen LogP contribution in [0.2, 0.25) is 0 Å². The summed E-state index contributed by atoms with van der Waals surface area (Å²) in [4.78, 5) is 16.0. The molecule has 2 aromatic carbocycles. The third-order valence-electron chi connectivity index (χ3n) is 4.11. The minimum atomic E-state index is -4.42. The fourth-order valence-electron chi connectivity index (χ4n) is 2.72. The molecule has 0 aliphatic heterocycles. The van der Waals surface area contributed by atoms with Gasteiger partial charge >= 0.3 is 6.18 Å². The fraction of sp³-hybridized carbons (Fsp3) is 0.0500. The first-order chi connectivity index (χ1) is 13.5. The Morgan fingerprint density at radius 3 is 2.32 bits per heavy atom. The molecule has 2 aromatic heterocycles. The highest BCUT2D eigenvalue weighted by atomic mass is 32.1. The molecule has 28 heavy (non-hydrogen) atoms. The van der Waals surface area contributed by atoms with E-state index in [2.05, 4.69) is 10.1 Å². The highest BCUT2D eigenvalue weighted by molar-refractivity contribution is 7.12. The van der Waals surface area contributed by atoms with Crippen LogP contribution < -0.4 is 0 Å². The summed E-state index contributed by atoms with van der Waals surface area (Å²) >= 11 is 1.36. The van der Waals surface area contributed by atoms with Crippen LogP contribution in [0.15, 0.2) is 66.2 Å². The Balaban J connectivity index is 1.69. The Morgan fingerprint density at radius 2 is 1.68 bits per heavy atom. The molecule has 2 heterocycles. The summed E-state index contributed by atoms with van der Waals surface area (Å²) in [6, 6.07) is 14.2. The van der Waals surface area contributed by atoms with Crippen molar-refractivity contribution in [2.75, 3.05) is 0 Å². The number of benzene rings is 2. The van der Waals surface area contributed by atoms with Crippen molar-refractivity contribution >= 4 is 17.6 Å². The number of nitrogens with zero attached hydrogens (tertiary/aromatic N) is 3. The molecule has 0 amide bonds. The van der Waals surface area contributed by atoms with E-state index in [1.165, 1.54) is 34.3 Å². The highest BCUT2D eigenvalue weighted by Gasteiger charge is 2.30. The average Bonchev–Trinajstić information content (AvgIpc) is 3.35. The monoisotopic (exact) mass is 399 g/mol. The van der Waals surface area contributed by atoms with Gasteiger partial charge < -0.3 is 0 Å². The zero-order valence-corrected chi connectivity index (χ0v) is 15.0. The molecule has 4 aromatic rings. The molecule has 0 saturated carbocycles. The number of hydrogen-bond donors (Lipinski definition) is 0. The van der Waals surface area contributed by atoms with Crippen molar-refractivity contribution in [3.05, 3.63) is 77.3 Å². The normalized spacial score (nSPS) is 11.5. The molecule has 0 N–H and O–H groups in total. The van der Waals surface area contributed by atoms with Gasteiger partial charge in [0.25, 0.3) is 0 Å². The molecule has 140 valence electrons. The van der Waals surface area contributed by atoms with E-state index >= 15 is 0 Å². The first-order valence-corrected chi connectivity index (χ1v) is 9.07. The van der Waals surface area contributed by atoms with Gasteiger partial charge in [0, 0.05) is 22.7 Å². The molecular formula is C20H12F3N3OS. The number of aromatic nitrogens is 3. The minimum Gasteiger partial charge on any atom is -0.298 e. The van der Waals surface area contributed by atoms with E-state index in [0.29, 0.717) is 22.7 Å². The quantitative estimate of drug-likeness (QED) is 0.426. The molecule has 0 fully saturated rings. The largest absolute Gasteiger partial charge is 0.416 e. The van der Waals surface area contributed by atoms with Crippen LogP contribution in [0.25, 0.3) is 27.6 Å². The van der Waals surface area contributed by atoms with Crippen LogP contribution >= 0.6 is 11.3 Å². The van der Waals surface area contributed by atoms with Crippen molar-refractivity contribution in [3.63, 3.8) is 0 Å². The van der Waals surface area contributed by atoms with E-state index in [4.69, 9.17) is 0 Å². The zero-order valence-electron chi connectivity index (χ0n) is 14.2. The van der Waals surface area contributed by atoms with E-state index in [1.54, 1.807) is 0 Å². The Hall–Kier alpha value is -3.26. The lowest BCUT2D eigenvalue weighted by Crippen LogP contribution is -2.04. The Morgan fingerprint density at radius 1 is 0.964 bits per heavy atom. The number of thiazole rings is 1. The highest BCUT2D eigenvalue weighted by Crippen LogP contribution is 2.32. The lowest BCUT2D eigenvalue weighted by Gasteiger charge is -2.06. The van der Waals surface area contributed by atoms with E-state index in [0.717, 1.165) is 23.4 Å². The lowest BCUT2D eigenvalue weighted by atomic mass is 10.1. The molecular weight excluding hydrogens is 387 g/mol. The SMILES string of the molecule is O=Cc1cn(-c2nc(-c3ccccc3)cs2)nc1-c1ccc(C(F)(F)F)cc1. The number of halogens is 3. The maximum atomic E-state index is 12.8. The summed E-state index contributed by atoms with van der Waals surface area (Å²) in [6.07, 6.45) is -2.27. The third-order valence-corrected chi connectivity index (χ3v) is 4.94. The van der Waals surface area contributed by atoms with Crippen molar-refractivity contribution in [2.24, 2.45) is 0 Å². The number of alkyl halides is 3. The van der Waals surface area contributed by atoms with Crippen molar-refractivity contribution in [2.45, 2.75) is 6.18 Å². The average molecular weight is 399 g/mol. The van der Waals surface area contributed by atoms with Crippen LogP contribution in [0.1, 0.15) is 15.9 Å². The molecule has 4 rings (SSSR count). The molecule has 8 heteroatoms. The molecule has 0 aliphatic carbocycles. The number of aldehydes is 1. The summed E-state index contributed by atoms with van der Waals surface area (Å²) in [5.74, 6) is 0. The van der Waals surface area contributed by atoms with Crippen LogP contribution in [-0.4, -0.2) is 21.1 Å². The molecule has 4 nitrogen and oxygen atoms in total. The summed E-state index contributed by atoms with van der Waals surface area (Å²) in [7, 11) is 0. The van der Waals surface area contributed by atoms with E-state index < -0.39 is 11.7 Å². The maximum Gasteiger partial charge on any atom is 0.416 e. The Bertz CT molecular complexity index is 1120. The fourth-order valence-corrected chi connectivity index (χ4v) is 3.48. The van der Waals surface area contributed by atoms with E-state index in [-0.39, 0.29) is 5.56 Å².